The zero-order chi connectivity index (χ0) is 33.4. The lowest BCUT2D eigenvalue weighted by Crippen LogP contribution is -2.01. The SMILES string of the molecule is Cc1cccc(-c2ccc(-c3nc(-c4ccccc4)nc(-c4cc5oc6cccc(-c7cccc(-c8ccccc8)c7)c6c5cn4)n3)cc2)c1. The van der Waals surface area contributed by atoms with Crippen LogP contribution in [-0.4, -0.2) is 19.9 Å². The highest BCUT2D eigenvalue weighted by Gasteiger charge is 2.18. The number of fused-ring (bicyclic) bond motifs is 3. The van der Waals surface area contributed by atoms with E-state index < -0.39 is 0 Å². The van der Waals surface area contributed by atoms with Gasteiger partial charge in [0, 0.05) is 34.2 Å². The second-order valence-electron chi connectivity index (χ2n) is 12.4. The van der Waals surface area contributed by atoms with Gasteiger partial charge in [0.2, 0.25) is 0 Å². The number of nitrogens with zero attached hydrogens (tertiary/aromatic N) is 4. The van der Waals surface area contributed by atoms with E-state index in [9.17, 15) is 0 Å². The van der Waals surface area contributed by atoms with Crippen molar-refractivity contribution in [2.75, 3.05) is 0 Å². The van der Waals surface area contributed by atoms with E-state index in [1.807, 2.05) is 60.8 Å². The summed E-state index contributed by atoms with van der Waals surface area (Å²) in [4.78, 5) is 19.7. The average molecular weight is 643 g/mol. The highest BCUT2D eigenvalue weighted by molar-refractivity contribution is 6.12. The Kier molecular flexibility index (Phi) is 7.29. The van der Waals surface area contributed by atoms with Crippen molar-refractivity contribution >= 4 is 21.9 Å². The van der Waals surface area contributed by atoms with Gasteiger partial charge in [-0.3, -0.25) is 4.98 Å². The molecule has 0 amide bonds. The van der Waals surface area contributed by atoms with Crippen molar-refractivity contribution in [3.63, 3.8) is 0 Å². The number of hydrogen-bond donors (Lipinski definition) is 0. The summed E-state index contributed by atoms with van der Waals surface area (Å²) in [6.45, 7) is 2.11. The summed E-state index contributed by atoms with van der Waals surface area (Å²) in [6.07, 6.45) is 1.88. The zero-order valence-corrected chi connectivity index (χ0v) is 27.3. The van der Waals surface area contributed by atoms with Gasteiger partial charge < -0.3 is 4.42 Å². The van der Waals surface area contributed by atoms with E-state index in [4.69, 9.17) is 24.4 Å². The molecule has 0 unspecified atom stereocenters. The number of furan rings is 1. The molecule has 0 atom stereocenters. The van der Waals surface area contributed by atoms with Gasteiger partial charge in [-0.1, -0.05) is 145 Å². The molecule has 0 bridgehead atoms. The molecule has 0 fully saturated rings. The number of rotatable bonds is 6. The highest BCUT2D eigenvalue weighted by atomic mass is 16.3. The number of benzene rings is 6. The van der Waals surface area contributed by atoms with Gasteiger partial charge in [0.05, 0.1) is 0 Å². The quantitative estimate of drug-likeness (QED) is 0.181. The van der Waals surface area contributed by atoms with Crippen molar-refractivity contribution in [2.24, 2.45) is 0 Å². The molecule has 0 radical (unpaired) electrons. The highest BCUT2D eigenvalue weighted by Crippen LogP contribution is 2.38. The maximum atomic E-state index is 6.47. The summed E-state index contributed by atoms with van der Waals surface area (Å²) in [5.41, 5.74) is 12.0. The molecule has 9 rings (SSSR count). The molecule has 0 aliphatic heterocycles. The lowest BCUT2D eigenvalue weighted by Gasteiger charge is -2.09. The van der Waals surface area contributed by atoms with E-state index in [2.05, 4.69) is 110 Å². The van der Waals surface area contributed by atoms with Crippen LogP contribution in [-0.2, 0) is 0 Å². The van der Waals surface area contributed by atoms with E-state index >= 15 is 0 Å². The van der Waals surface area contributed by atoms with Gasteiger partial charge in [-0.15, -0.1) is 0 Å². The lowest BCUT2D eigenvalue weighted by molar-refractivity contribution is 0.668. The molecular weight excluding hydrogens is 613 g/mol. The second-order valence-corrected chi connectivity index (χ2v) is 12.4. The number of aromatic nitrogens is 4. The van der Waals surface area contributed by atoms with Gasteiger partial charge in [0.15, 0.2) is 17.5 Å². The molecule has 6 aromatic carbocycles. The van der Waals surface area contributed by atoms with E-state index in [0.717, 1.165) is 55.3 Å². The molecule has 0 N–H and O–H groups in total. The third-order valence-electron chi connectivity index (χ3n) is 9.05. The maximum Gasteiger partial charge on any atom is 0.182 e. The van der Waals surface area contributed by atoms with Crippen LogP contribution in [0.25, 0.3) is 89.6 Å². The second kappa shape index (κ2) is 12.4. The van der Waals surface area contributed by atoms with Crippen molar-refractivity contribution < 1.29 is 4.42 Å². The molecule has 50 heavy (non-hydrogen) atoms. The summed E-state index contributed by atoms with van der Waals surface area (Å²) < 4.78 is 6.47. The number of aryl methyl sites for hydroxylation is 1. The predicted octanol–water partition coefficient (Wildman–Crippen LogP) is 11.5. The predicted molar refractivity (Wildman–Crippen MR) is 202 cm³/mol. The van der Waals surface area contributed by atoms with Crippen LogP contribution < -0.4 is 0 Å². The van der Waals surface area contributed by atoms with Gasteiger partial charge in [-0.05, 0) is 52.4 Å². The van der Waals surface area contributed by atoms with E-state index in [1.54, 1.807) is 0 Å². The molecule has 0 saturated carbocycles. The number of pyridine rings is 1. The molecule has 5 heteroatoms. The van der Waals surface area contributed by atoms with Crippen molar-refractivity contribution in [3.8, 4) is 67.7 Å². The lowest BCUT2D eigenvalue weighted by atomic mass is 9.96. The zero-order valence-electron chi connectivity index (χ0n) is 27.3. The Bertz CT molecular complexity index is 2650. The Hall–Kier alpha value is -6.72. The van der Waals surface area contributed by atoms with Gasteiger partial charge in [0.1, 0.15) is 16.9 Å². The largest absolute Gasteiger partial charge is 0.456 e. The van der Waals surface area contributed by atoms with Crippen LogP contribution in [0.3, 0.4) is 0 Å². The fourth-order valence-electron chi connectivity index (χ4n) is 6.55. The third kappa shape index (κ3) is 5.51. The molecule has 9 aromatic rings. The summed E-state index contributed by atoms with van der Waals surface area (Å²) in [5, 5.41) is 1.97. The minimum Gasteiger partial charge on any atom is -0.456 e. The first-order valence-electron chi connectivity index (χ1n) is 16.6. The minimum atomic E-state index is 0.481. The van der Waals surface area contributed by atoms with E-state index in [0.29, 0.717) is 23.2 Å². The molecule has 5 nitrogen and oxygen atoms in total. The van der Waals surface area contributed by atoms with E-state index in [1.165, 1.54) is 16.7 Å². The standard InChI is InChI=1S/C45H30N4O/c1-29-11-8-16-34(25-29)31-21-23-33(24-22-31)44-47-43(32-14-6-3-7-15-32)48-45(49-44)39-27-41-38(28-46-39)42-37(19-10-20-40(42)50-41)36-18-9-17-35(26-36)30-12-4-2-5-13-30/h2-28H,1H3. The average Bonchev–Trinajstić information content (AvgIpc) is 3.57. The van der Waals surface area contributed by atoms with Crippen molar-refractivity contribution in [2.45, 2.75) is 6.92 Å². The first-order valence-corrected chi connectivity index (χ1v) is 16.6. The fourth-order valence-corrected chi connectivity index (χ4v) is 6.55. The normalized spacial score (nSPS) is 11.3. The van der Waals surface area contributed by atoms with Crippen LogP contribution >= 0.6 is 0 Å². The minimum absolute atomic E-state index is 0.481. The number of hydrogen-bond acceptors (Lipinski definition) is 5. The molecule has 0 saturated heterocycles. The van der Waals surface area contributed by atoms with Crippen molar-refractivity contribution in [1.29, 1.82) is 0 Å². The summed E-state index contributed by atoms with van der Waals surface area (Å²) in [6, 6.07) is 54.0. The van der Waals surface area contributed by atoms with Crippen LogP contribution in [0.15, 0.2) is 168 Å². The Labute approximate surface area is 289 Å². The molecule has 0 aliphatic carbocycles. The van der Waals surface area contributed by atoms with Crippen LogP contribution in [0.4, 0.5) is 0 Å². The van der Waals surface area contributed by atoms with Crippen LogP contribution in [0.5, 0.6) is 0 Å². The summed E-state index contributed by atoms with van der Waals surface area (Å²) >= 11 is 0. The van der Waals surface area contributed by atoms with Gasteiger partial charge in [-0.2, -0.15) is 0 Å². The first kappa shape index (κ1) is 29.4. The Morgan fingerprint density at radius 3 is 1.72 bits per heavy atom. The van der Waals surface area contributed by atoms with Gasteiger partial charge in [-0.25, -0.2) is 15.0 Å². The molecular formula is C45H30N4O. The van der Waals surface area contributed by atoms with Gasteiger partial charge in [0.25, 0.3) is 0 Å². The van der Waals surface area contributed by atoms with Crippen molar-refractivity contribution in [1.82, 2.24) is 19.9 Å². The molecule has 236 valence electrons. The summed E-state index contributed by atoms with van der Waals surface area (Å²) in [7, 11) is 0. The molecule has 3 heterocycles. The Morgan fingerprint density at radius 2 is 0.980 bits per heavy atom. The molecule has 0 spiro atoms. The van der Waals surface area contributed by atoms with Crippen molar-refractivity contribution in [3.05, 3.63) is 169 Å². The fraction of sp³-hybridized carbons (Fsp3) is 0.0222. The summed E-state index contributed by atoms with van der Waals surface area (Å²) in [5.74, 6) is 1.65. The third-order valence-corrected chi connectivity index (χ3v) is 9.05. The van der Waals surface area contributed by atoms with Crippen LogP contribution in [0.1, 0.15) is 5.56 Å². The Morgan fingerprint density at radius 1 is 0.420 bits per heavy atom. The van der Waals surface area contributed by atoms with Crippen LogP contribution in [0, 0.1) is 6.92 Å². The monoisotopic (exact) mass is 642 g/mol. The Balaban J connectivity index is 1.14. The van der Waals surface area contributed by atoms with E-state index in [-0.39, 0.29) is 0 Å². The molecule has 3 aromatic heterocycles. The molecule has 0 aliphatic rings. The maximum absolute atomic E-state index is 6.47. The van der Waals surface area contributed by atoms with Gasteiger partial charge >= 0.3 is 0 Å². The first-order chi connectivity index (χ1) is 24.7. The topological polar surface area (TPSA) is 64.7 Å². The smallest absolute Gasteiger partial charge is 0.182 e. The van der Waals surface area contributed by atoms with Crippen LogP contribution in [0.2, 0.25) is 0 Å².